The predicted molar refractivity (Wildman–Crippen MR) is 275 cm³/mol. The van der Waals surface area contributed by atoms with E-state index in [9.17, 15) is 4.79 Å². The average Bonchev–Trinajstić information content (AvgIpc) is 3.23. The molecule has 0 fully saturated rings. The van der Waals surface area contributed by atoms with Crippen LogP contribution in [-0.4, -0.2) is 17.4 Å². The minimum Gasteiger partial charge on any atom is -0.462 e. The van der Waals surface area contributed by atoms with Gasteiger partial charge >= 0.3 is 5.97 Å². The molecule has 0 aromatic rings. The molecule has 60 heavy (non-hydrogen) atoms. The van der Waals surface area contributed by atoms with Gasteiger partial charge in [0, 0.05) is 11.8 Å². The highest BCUT2D eigenvalue weighted by atomic mass is 79.9. The van der Waals surface area contributed by atoms with Crippen molar-refractivity contribution in [3.63, 3.8) is 0 Å². The fraction of sp³-hybridized carbons (Fsp3) is 0.982. The molecule has 0 saturated carbocycles. The van der Waals surface area contributed by atoms with Crippen molar-refractivity contribution in [3.8, 4) is 0 Å². The van der Waals surface area contributed by atoms with Gasteiger partial charge < -0.3 is 4.74 Å². The molecule has 0 aromatic heterocycles. The Morgan fingerprint density at radius 2 is 0.717 bits per heavy atom. The maximum Gasteiger partial charge on any atom is 0.306 e. The van der Waals surface area contributed by atoms with Crippen LogP contribution < -0.4 is 0 Å². The monoisotopic (exact) mass is 909 g/mol. The first-order chi connectivity index (χ1) is 29.4. The van der Waals surface area contributed by atoms with Gasteiger partial charge in [-0.3, -0.25) is 4.79 Å². The highest BCUT2D eigenvalue weighted by Gasteiger charge is 2.17. The molecule has 0 aromatic carbocycles. The summed E-state index contributed by atoms with van der Waals surface area (Å²) in [5.41, 5.74) is 0. The number of alkyl halides is 1. The third-order valence-electron chi connectivity index (χ3n) is 13.8. The zero-order valence-electron chi connectivity index (χ0n) is 42.2. The molecule has 0 radical (unpaired) electrons. The smallest absolute Gasteiger partial charge is 0.306 e. The van der Waals surface area contributed by atoms with Crippen LogP contribution in [0.2, 0.25) is 0 Å². The van der Waals surface area contributed by atoms with Crippen molar-refractivity contribution in [2.24, 2.45) is 17.8 Å². The zero-order valence-corrected chi connectivity index (χ0v) is 43.8. The van der Waals surface area contributed by atoms with Crippen LogP contribution in [0, 0.1) is 17.8 Å². The molecule has 0 rings (SSSR count). The van der Waals surface area contributed by atoms with E-state index < -0.39 is 0 Å². The van der Waals surface area contributed by atoms with Gasteiger partial charge in [-0.2, -0.15) is 0 Å². The number of carbonyl (C=O) groups is 1. The maximum atomic E-state index is 12.8. The number of ether oxygens (including phenoxy) is 1. The van der Waals surface area contributed by atoms with E-state index in [1.807, 2.05) is 0 Å². The predicted octanol–water partition coefficient (Wildman–Crippen LogP) is 21.2. The first-order valence-corrected chi connectivity index (χ1v) is 29.3. The quantitative estimate of drug-likeness (QED) is 0.0345. The van der Waals surface area contributed by atoms with Crippen LogP contribution in [-0.2, 0) is 9.53 Å². The molecule has 0 N–H and O–H groups in total. The Balaban J connectivity index is 4.58. The third kappa shape index (κ3) is 47.4. The summed E-state index contributed by atoms with van der Waals surface area (Å²) in [6.07, 6.45) is 63.1. The second-order valence-electron chi connectivity index (χ2n) is 20.6. The standard InChI is InChI=1S/C57H113BrO2/c1-6-8-10-12-14-16-18-20-22-24-26-28-30-32-34-36-45-55(46-37-35-33-31-29-27-25-23-21-19-17-15-13-11-9-7-2)47-38-39-48-56(60-57(59)49-40-41-52-58)51-50-54(5)44-42-43-53(3)4/h53-56H,6-52H2,1-5H3. The van der Waals surface area contributed by atoms with E-state index in [4.69, 9.17) is 4.74 Å². The molecule has 3 heteroatoms. The first kappa shape index (κ1) is 60.0. The molecule has 0 amide bonds. The topological polar surface area (TPSA) is 26.3 Å². The first-order valence-electron chi connectivity index (χ1n) is 28.2. The average molecular weight is 910 g/mol. The number of unbranched alkanes of at least 4 members (excludes halogenated alkanes) is 32. The lowest BCUT2D eigenvalue weighted by Gasteiger charge is -2.21. The van der Waals surface area contributed by atoms with Crippen molar-refractivity contribution in [2.75, 3.05) is 5.33 Å². The van der Waals surface area contributed by atoms with Gasteiger partial charge in [0.1, 0.15) is 6.10 Å². The summed E-state index contributed by atoms with van der Waals surface area (Å²) in [5.74, 6) is 2.46. The van der Waals surface area contributed by atoms with E-state index in [1.165, 1.54) is 263 Å². The molecule has 0 saturated heterocycles. The number of rotatable bonds is 51. The summed E-state index contributed by atoms with van der Waals surface area (Å²) in [6.45, 7) is 11.7. The van der Waals surface area contributed by atoms with Crippen LogP contribution in [0.4, 0.5) is 0 Å². The van der Waals surface area contributed by atoms with Crippen LogP contribution in [0.5, 0.6) is 0 Å². The van der Waals surface area contributed by atoms with Gasteiger partial charge in [0.25, 0.3) is 0 Å². The molecular formula is C57H113BrO2. The molecular weight excluding hydrogens is 797 g/mol. The van der Waals surface area contributed by atoms with Gasteiger partial charge in [-0.05, 0) is 56.3 Å². The Hall–Kier alpha value is -0.0500. The fourth-order valence-electron chi connectivity index (χ4n) is 9.56. The maximum absolute atomic E-state index is 12.8. The summed E-state index contributed by atoms with van der Waals surface area (Å²) in [7, 11) is 0. The van der Waals surface area contributed by atoms with E-state index in [0.29, 0.717) is 6.42 Å². The minimum atomic E-state index is 0.0401. The molecule has 0 spiro atoms. The Kier molecular flexibility index (Phi) is 49.9. The largest absolute Gasteiger partial charge is 0.462 e. The van der Waals surface area contributed by atoms with Gasteiger partial charge in [-0.1, -0.05) is 301 Å². The van der Waals surface area contributed by atoms with Crippen molar-refractivity contribution in [1.82, 2.24) is 0 Å². The number of halogens is 1. The Morgan fingerprint density at radius 3 is 1.08 bits per heavy atom. The van der Waals surface area contributed by atoms with E-state index >= 15 is 0 Å². The second-order valence-corrected chi connectivity index (χ2v) is 21.4. The normalized spacial score (nSPS) is 12.9. The van der Waals surface area contributed by atoms with Crippen molar-refractivity contribution in [3.05, 3.63) is 0 Å². The molecule has 0 aliphatic carbocycles. The molecule has 0 bridgehead atoms. The van der Waals surface area contributed by atoms with Crippen molar-refractivity contribution in [2.45, 2.75) is 336 Å². The molecule has 360 valence electrons. The summed E-state index contributed by atoms with van der Waals surface area (Å²) >= 11 is 3.52. The summed E-state index contributed by atoms with van der Waals surface area (Å²) in [5, 5.41) is 0.970. The van der Waals surface area contributed by atoms with Gasteiger partial charge in [0.15, 0.2) is 0 Å². The highest BCUT2D eigenvalue weighted by molar-refractivity contribution is 9.09. The lowest BCUT2D eigenvalue weighted by atomic mass is 9.89. The lowest BCUT2D eigenvalue weighted by molar-refractivity contribution is -0.150. The van der Waals surface area contributed by atoms with Crippen LogP contribution in [0.15, 0.2) is 0 Å². The van der Waals surface area contributed by atoms with Crippen LogP contribution in [0.25, 0.3) is 0 Å². The Bertz CT molecular complexity index is 776. The molecule has 0 heterocycles. The van der Waals surface area contributed by atoms with E-state index in [-0.39, 0.29) is 12.1 Å². The summed E-state index contributed by atoms with van der Waals surface area (Å²) in [6, 6.07) is 0. The van der Waals surface area contributed by atoms with Gasteiger partial charge in [0.2, 0.25) is 0 Å². The molecule has 2 atom stereocenters. The molecule has 2 unspecified atom stereocenters. The van der Waals surface area contributed by atoms with Gasteiger partial charge in [-0.15, -0.1) is 0 Å². The zero-order chi connectivity index (χ0) is 43.8. The van der Waals surface area contributed by atoms with Gasteiger partial charge in [0.05, 0.1) is 0 Å². The SMILES string of the molecule is CCCCCCCCCCCCCCCCCCC(CCCCCCCCCCCCCCCCCC)CCCCC(CCC(C)CCCC(C)C)OC(=O)CCCCBr. The van der Waals surface area contributed by atoms with Gasteiger partial charge in [-0.25, -0.2) is 0 Å². The summed E-state index contributed by atoms with van der Waals surface area (Å²) in [4.78, 5) is 12.8. The van der Waals surface area contributed by atoms with Crippen LogP contribution in [0.3, 0.4) is 0 Å². The van der Waals surface area contributed by atoms with Crippen molar-refractivity contribution in [1.29, 1.82) is 0 Å². The molecule has 0 aliphatic rings. The molecule has 0 aliphatic heterocycles. The summed E-state index contributed by atoms with van der Waals surface area (Å²) < 4.78 is 6.17. The van der Waals surface area contributed by atoms with Crippen LogP contribution >= 0.6 is 15.9 Å². The van der Waals surface area contributed by atoms with E-state index in [1.54, 1.807) is 0 Å². The minimum absolute atomic E-state index is 0.0401. The number of hydrogen-bond acceptors (Lipinski definition) is 2. The second kappa shape index (κ2) is 50.0. The van der Waals surface area contributed by atoms with Crippen LogP contribution in [0.1, 0.15) is 330 Å². The van der Waals surface area contributed by atoms with E-state index in [0.717, 1.165) is 48.8 Å². The Labute approximate surface area is 388 Å². The Morgan fingerprint density at radius 1 is 0.367 bits per heavy atom. The highest BCUT2D eigenvalue weighted by Crippen LogP contribution is 2.27. The van der Waals surface area contributed by atoms with Crippen molar-refractivity contribution < 1.29 is 9.53 Å². The lowest BCUT2D eigenvalue weighted by Crippen LogP contribution is -2.19. The fourth-order valence-corrected chi connectivity index (χ4v) is 9.96. The molecule has 2 nitrogen and oxygen atoms in total. The number of hydrogen-bond donors (Lipinski definition) is 0. The van der Waals surface area contributed by atoms with Crippen molar-refractivity contribution >= 4 is 21.9 Å². The number of esters is 1. The number of carbonyl (C=O) groups excluding carboxylic acids is 1. The van der Waals surface area contributed by atoms with E-state index in [2.05, 4.69) is 50.5 Å². The third-order valence-corrected chi connectivity index (χ3v) is 14.4.